The highest BCUT2D eigenvalue weighted by atomic mass is 35.5. The summed E-state index contributed by atoms with van der Waals surface area (Å²) in [5.41, 5.74) is -0.00997. The van der Waals surface area contributed by atoms with Crippen LogP contribution in [0.3, 0.4) is 0 Å². The second-order valence-electron chi connectivity index (χ2n) is 11.5. The lowest BCUT2D eigenvalue weighted by molar-refractivity contribution is -0.141. The van der Waals surface area contributed by atoms with Crippen LogP contribution in [0.5, 0.6) is 0 Å². The zero-order chi connectivity index (χ0) is 31.6. The topological polar surface area (TPSA) is 102 Å². The van der Waals surface area contributed by atoms with E-state index in [1.807, 2.05) is 0 Å². The molecule has 2 amide bonds. The van der Waals surface area contributed by atoms with Crippen molar-refractivity contribution < 1.29 is 32.7 Å². The molecule has 1 atom stereocenters. The molecule has 7 nitrogen and oxygen atoms in total. The number of rotatable bonds is 4. The van der Waals surface area contributed by atoms with Crippen LogP contribution in [0.2, 0.25) is 5.02 Å². The first kappa shape index (κ1) is 33.4. The second-order valence-corrected chi connectivity index (χ2v) is 11.9. The normalized spacial score (nSPS) is 18.8. The van der Waals surface area contributed by atoms with Gasteiger partial charge >= 0.3 is 5.97 Å². The maximum atomic E-state index is 14.3. The molecule has 3 N–H and O–H groups in total. The minimum absolute atomic E-state index is 0.0314. The molecule has 4 rings (SSSR count). The highest BCUT2D eigenvalue weighted by Gasteiger charge is 2.37. The fourth-order valence-corrected chi connectivity index (χ4v) is 6.08. The number of aromatic amines is 1. The van der Waals surface area contributed by atoms with Crippen molar-refractivity contribution in [2.45, 2.75) is 96.1 Å². The van der Waals surface area contributed by atoms with Crippen molar-refractivity contribution in [2.24, 2.45) is 0 Å². The average molecular weight is 634 g/mol. The molecule has 11 heteroatoms. The van der Waals surface area contributed by atoms with Gasteiger partial charge in [-0.15, -0.1) is 0 Å². The SMILES string of the molecule is O=C(O)c1[nH]c2cc(Cl)ccc2c1[C@@H]1C(=O)NCCCCCCCCCCCCCCC(=O)N1Cc1cc(F)c(F)c(F)c1. The highest BCUT2D eigenvalue weighted by molar-refractivity contribution is 6.31. The number of aromatic carboxylic acids is 1. The number of fused-ring (bicyclic) bond motifs is 1. The highest BCUT2D eigenvalue weighted by Crippen LogP contribution is 2.35. The molecule has 1 aliphatic heterocycles. The molecule has 0 spiro atoms. The van der Waals surface area contributed by atoms with Crippen LogP contribution in [0.1, 0.15) is 111 Å². The maximum absolute atomic E-state index is 14.3. The number of H-pyrrole nitrogens is 1. The molecule has 1 aliphatic rings. The van der Waals surface area contributed by atoms with Crippen molar-refractivity contribution >= 4 is 40.3 Å². The Labute approximate surface area is 260 Å². The first-order valence-electron chi connectivity index (χ1n) is 15.4. The van der Waals surface area contributed by atoms with E-state index in [2.05, 4.69) is 10.3 Å². The van der Waals surface area contributed by atoms with E-state index in [4.69, 9.17) is 11.6 Å². The Morgan fingerprint density at radius 2 is 1.43 bits per heavy atom. The first-order chi connectivity index (χ1) is 21.2. The summed E-state index contributed by atoms with van der Waals surface area (Å²) in [5.74, 6) is -6.99. The fourth-order valence-electron chi connectivity index (χ4n) is 5.91. The second kappa shape index (κ2) is 16.0. The van der Waals surface area contributed by atoms with Crippen LogP contribution in [0.25, 0.3) is 10.9 Å². The van der Waals surface area contributed by atoms with E-state index in [-0.39, 0.29) is 23.2 Å². The van der Waals surface area contributed by atoms with Crippen LogP contribution in [-0.4, -0.2) is 39.3 Å². The summed E-state index contributed by atoms with van der Waals surface area (Å²) in [7, 11) is 0. The summed E-state index contributed by atoms with van der Waals surface area (Å²) in [5, 5.41) is 13.7. The van der Waals surface area contributed by atoms with E-state index < -0.39 is 47.8 Å². The summed E-state index contributed by atoms with van der Waals surface area (Å²) in [6.45, 7) is -0.155. The van der Waals surface area contributed by atoms with Crippen molar-refractivity contribution in [2.75, 3.05) is 6.54 Å². The smallest absolute Gasteiger partial charge is 0.352 e. The third-order valence-electron chi connectivity index (χ3n) is 8.18. The van der Waals surface area contributed by atoms with Gasteiger partial charge in [-0.25, -0.2) is 18.0 Å². The molecule has 2 heterocycles. The van der Waals surface area contributed by atoms with E-state index in [1.165, 1.54) is 25.3 Å². The molecule has 238 valence electrons. The lowest BCUT2D eigenvalue weighted by atomic mass is 9.98. The molecule has 1 aromatic heterocycles. The summed E-state index contributed by atoms with van der Waals surface area (Å²) in [6, 6.07) is 4.72. The Kier molecular flexibility index (Phi) is 12.1. The standard InChI is InChI=1S/C33H39ClF3N3O4/c34-22-14-15-23-26(19-22)39-30(33(43)44)28(23)31-32(42)38-16-12-10-8-6-4-2-1-3-5-7-9-11-13-27(41)40(31)20-21-17-24(35)29(37)25(36)18-21/h14-15,17-19,31,39H,1-13,16,20H2,(H,38,42)(H,43,44)/t31-/m1/s1. The van der Waals surface area contributed by atoms with Crippen LogP contribution in [0, 0.1) is 17.5 Å². The van der Waals surface area contributed by atoms with E-state index in [0.29, 0.717) is 35.3 Å². The molecule has 0 aliphatic carbocycles. The van der Waals surface area contributed by atoms with Gasteiger partial charge in [0.15, 0.2) is 17.5 Å². The molecule has 1 saturated heterocycles. The van der Waals surface area contributed by atoms with Gasteiger partial charge in [-0.2, -0.15) is 0 Å². The molecule has 44 heavy (non-hydrogen) atoms. The monoisotopic (exact) mass is 633 g/mol. The van der Waals surface area contributed by atoms with Gasteiger partial charge in [-0.05, 0) is 42.7 Å². The Bertz CT molecular complexity index is 1450. The number of carboxylic acid groups (broad SMARTS) is 1. The van der Waals surface area contributed by atoms with Crippen molar-refractivity contribution in [3.8, 4) is 0 Å². The molecule has 3 aromatic rings. The zero-order valence-corrected chi connectivity index (χ0v) is 25.5. The van der Waals surface area contributed by atoms with Crippen molar-refractivity contribution in [3.05, 3.63) is 69.6 Å². The van der Waals surface area contributed by atoms with Crippen LogP contribution >= 0.6 is 11.6 Å². The first-order valence-corrected chi connectivity index (χ1v) is 15.8. The van der Waals surface area contributed by atoms with Gasteiger partial charge in [0.2, 0.25) is 11.8 Å². The molecule has 2 aromatic carbocycles. The van der Waals surface area contributed by atoms with E-state index in [0.717, 1.165) is 62.0 Å². The van der Waals surface area contributed by atoms with Crippen molar-refractivity contribution in [3.63, 3.8) is 0 Å². The van der Waals surface area contributed by atoms with Gasteiger partial charge in [0, 0.05) is 41.0 Å². The zero-order valence-electron chi connectivity index (χ0n) is 24.7. The minimum atomic E-state index is -1.65. The minimum Gasteiger partial charge on any atom is -0.477 e. The van der Waals surface area contributed by atoms with Crippen LogP contribution in [0.4, 0.5) is 13.2 Å². The lowest BCUT2D eigenvalue weighted by Gasteiger charge is -2.32. The van der Waals surface area contributed by atoms with Gasteiger partial charge in [-0.3, -0.25) is 9.59 Å². The van der Waals surface area contributed by atoms with E-state index in [9.17, 15) is 32.7 Å². The molecule has 1 fully saturated rings. The van der Waals surface area contributed by atoms with Crippen LogP contribution in [-0.2, 0) is 16.1 Å². The maximum Gasteiger partial charge on any atom is 0.352 e. The number of carbonyl (C=O) groups is 3. The van der Waals surface area contributed by atoms with E-state index in [1.54, 1.807) is 12.1 Å². The number of hydrogen-bond acceptors (Lipinski definition) is 3. The molecule has 0 saturated carbocycles. The lowest BCUT2D eigenvalue weighted by Crippen LogP contribution is -2.44. The molecular formula is C33H39ClF3N3O4. The quantitative estimate of drug-likeness (QED) is 0.252. The molecular weight excluding hydrogens is 595 g/mol. The third kappa shape index (κ3) is 8.55. The van der Waals surface area contributed by atoms with Crippen molar-refractivity contribution in [1.29, 1.82) is 0 Å². The van der Waals surface area contributed by atoms with Crippen LogP contribution < -0.4 is 5.32 Å². The van der Waals surface area contributed by atoms with Gasteiger partial charge in [0.1, 0.15) is 11.7 Å². The summed E-state index contributed by atoms with van der Waals surface area (Å²) in [4.78, 5) is 44.4. The Balaban J connectivity index is 1.79. The number of halogens is 4. The number of nitrogens with zero attached hydrogens (tertiary/aromatic N) is 1. The van der Waals surface area contributed by atoms with Gasteiger partial charge in [0.05, 0.1) is 0 Å². The Morgan fingerprint density at radius 1 is 0.864 bits per heavy atom. The van der Waals surface area contributed by atoms with Crippen molar-refractivity contribution in [1.82, 2.24) is 15.2 Å². The number of hydrogen-bond donors (Lipinski definition) is 3. The fraction of sp³-hybridized carbons (Fsp3) is 0.485. The number of nitrogens with one attached hydrogen (secondary N) is 2. The number of carboxylic acids is 1. The summed E-state index contributed by atoms with van der Waals surface area (Å²) >= 11 is 6.17. The largest absolute Gasteiger partial charge is 0.477 e. The van der Waals surface area contributed by atoms with Gasteiger partial charge in [-0.1, -0.05) is 81.9 Å². The number of aromatic nitrogens is 1. The summed E-state index contributed by atoms with van der Waals surface area (Å²) < 4.78 is 42.4. The predicted octanol–water partition coefficient (Wildman–Crippen LogP) is 8.21. The predicted molar refractivity (Wildman–Crippen MR) is 163 cm³/mol. The van der Waals surface area contributed by atoms with Crippen LogP contribution in [0.15, 0.2) is 30.3 Å². The summed E-state index contributed by atoms with van der Waals surface area (Å²) in [6.07, 6.45) is 11.7. The molecule has 0 radical (unpaired) electrons. The van der Waals surface area contributed by atoms with Gasteiger partial charge < -0.3 is 20.3 Å². The molecule has 0 unspecified atom stereocenters. The number of benzene rings is 2. The Hall–Kier alpha value is -3.53. The Morgan fingerprint density at radius 3 is 2.02 bits per heavy atom. The van der Waals surface area contributed by atoms with Gasteiger partial charge in [0.25, 0.3) is 0 Å². The average Bonchev–Trinajstić information content (AvgIpc) is 3.35. The molecule has 0 bridgehead atoms. The third-order valence-corrected chi connectivity index (χ3v) is 8.42. The number of carbonyl (C=O) groups excluding carboxylic acids is 2. The van der Waals surface area contributed by atoms with E-state index >= 15 is 0 Å². The number of amides is 2.